The molecular formula is C13H14BrNO3. The molecule has 0 fully saturated rings. The van der Waals surface area contributed by atoms with Gasteiger partial charge in [0.1, 0.15) is 5.75 Å². The Labute approximate surface area is 115 Å². The van der Waals surface area contributed by atoms with Gasteiger partial charge in [-0.25, -0.2) is 0 Å². The van der Waals surface area contributed by atoms with Crippen LogP contribution in [0.1, 0.15) is 23.6 Å². The maximum Gasteiger partial charge on any atom is 0.310 e. The van der Waals surface area contributed by atoms with Gasteiger partial charge in [-0.3, -0.25) is 4.79 Å². The Morgan fingerprint density at radius 1 is 1.50 bits per heavy atom. The number of rotatable bonds is 5. The highest BCUT2D eigenvalue weighted by atomic mass is 79.9. The maximum absolute atomic E-state index is 11.5. The van der Waals surface area contributed by atoms with Crippen LogP contribution < -0.4 is 4.74 Å². The molecule has 0 spiro atoms. The first-order valence-corrected chi connectivity index (χ1v) is 6.59. The van der Waals surface area contributed by atoms with Gasteiger partial charge in [-0.1, -0.05) is 15.9 Å². The second kappa shape index (κ2) is 7.02. The predicted octanol–water partition coefficient (Wildman–Crippen LogP) is 2.57. The second-order valence-corrected chi connectivity index (χ2v) is 4.10. The Morgan fingerprint density at radius 2 is 2.22 bits per heavy atom. The molecule has 0 aliphatic carbocycles. The van der Waals surface area contributed by atoms with E-state index in [1.54, 1.807) is 19.1 Å². The third-order valence-corrected chi connectivity index (χ3v) is 2.98. The molecule has 1 aromatic carbocycles. The number of nitriles is 1. The van der Waals surface area contributed by atoms with Gasteiger partial charge >= 0.3 is 5.97 Å². The van der Waals surface area contributed by atoms with Gasteiger partial charge in [0.2, 0.25) is 0 Å². The van der Waals surface area contributed by atoms with E-state index in [2.05, 4.69) is 22.0 Å². The van der Waals surface area contributed by atoms with Crippen molar-refractivity contribution in [2.45, 2.75) is 18.7 Å². The molecule has 0 radical (unpaired) electrons. The van der Waals surface area contributed by atoms with E-state index in [4.69, 9.17) is 14.7 Å². The molecule has 0 aliphatic rings. The van der Waals surface area contributed by atoms with Gasteiger partial charge in [-0.05, 0) is 24.6 Å². The van der Waals surface area contributed by atoms with E-state index in [-0.39, 0.29) is 12.4 Å². The van der Waals surface area contributed by atoms with Gasteiger partial charge in [0, 0.05) is 10.9 Å². The first kappa shape index (κ1) is 14.5. The number of hydrogen-bond donors (Lipinski definition) is 0. The molecule has 0 heterocycles. The van der Waals surface area contributed by atoms with Crippen LogP contribution in [0.3, 0.4) is 0 Å². The molecule has 0 bridgehead atoms. The minimum atomic E-state index is -0.308. The summed E-state index contributed by atoms with van der Waals surface area (Å²) >= 11 is 3.36. The van der Waals surface area contributed by atoms with Gasteiger partial charge < -0.3 is 9.47 Å². The molecule has 0 amide bonds. The van der Waals surface area contributed by atoms with Crippen LogP contribution in [0, 0.1) is 11.3 Å². The Morgan fingerprint density at radius 3 is 2.72 bits per heavy atom. The molecular weight excluding hydrogens is 298 g/mol. The van der Waals surface area contributed by atoms with Crippen molar-refractivity contribution in [2.24, 2.45) is 0 Å². The monoisotopic (exact) mass is 311 g/mol. The van der Waals surface area contributed by atoms with Crippen molar-refractivity contribution < 1.29 is 14.3 Å². The summed E-state index contributed by atoms with van der Waals surface area (Å²) in [5.74, 6) is 0.294. The molecule has 0 aliphatic heterocycles. The van der Waals surface area contributed by atoms with Gasteiger partial charge in [0.25, 0.3) is 0 Å². The van der Waals surface area contributed by atoms with Crippen LogP contribution >= 0.6 is 15.9 Å². The van der Waals surface area contributed by atoms with Crippen molar-refractivity contribution >= 4 is 21.9 Å². The third-order valence-electron chi connectivity index (χ3n) is 2.42. The number of carbonyl (C=O) groups is 1. The molecule has 5 heteroatoms. The SMILES string of the molecule is CCOC(=O)Cc1cc(C#N)cc(OC)c1CBr. The van der Waals surface area contributed by atoms with Crippen LogP contribution in [0.5, 0.6) is 5.75 Å². The lowest BCUT2D eigenvalue weighted by Gasteiger charge is -2.12. The van der Waals surface area contributed by atoms with Gasteiger partial charge in [0.15, 0.2) is 0 Å². The molecule has 18 heavy (non-hydrogen) atoms. The Bertz CT molecular complexity index is 480. The summed E-state index contributed by atoms with van der Waals surface area (Å²) < 4.78 is 10.1. The van der Waals surface area contributed by atoms with Crippen molar-refractivity contribution in [3.63, 3.8) is 0 Å². The van der Waals surface area contributed by atoms with Gasteiger partial charge in [-0.15, -0.1) is 0 Å². The molecule has 0 saturated heterocycles. The van der Waals surface area contributed by atoms with E-state index in [0.29, 0.717) is 23.2 Å². The van der Waals surface area contributed by atoms with Gasteiger partial charge in [-0.2, -0.15) is 5.26 Å². The first-order valence-electron chi connectivity index (χ1n) is 5.47. The average molecular weight is 312 g/mol. The minimum absolute atomic E-state index is 0.140. The Kier molecular flexibility index (Phi) is 5.66. The second-order valence-electron chi connectivity index (χ2n) is 3.54. The van der Waals surface area contributed by atoms with Crippen LogP contribution in [-0.4, -0.2) is 19.7 Å². The number of nitrogens with zero attached hydrogens (tertiary/aromatic N) is 1. The molecule has 0 unspecified atom stereocenters. The quantitative estimate of drug-likeness (QED) is 0.619. The molecule has 0 atom stereocenters. The van der Waals surface area contributed by atoms with Crippen LogP contribution in [0.25, 0.3) is 0 Å². The summed E-state index contributed by atoms with van der Waals surface area (Å²) in [4.78, 5) is 11.5. The molecule has 1 aromatic rings. The summed E-state index contributed by atoms with van der Waals surface area (Å²) in [7, 11) is 1.54. The summed E-state index contributed by atoms with van der Waals surface area (Å²) in [5.41, 5.74) is 2.08. The number of hydrogen-bond acceptors (Lipinski definition) is 4. The van der Waals surface area contributed by atoms with E-state index >= 15 is 0 Å². The lowest BCUT2D eigenvalue weighted by Crippen LogP contribution is -2.10. The molecule has 4 nitrogen and oxygen atoms in total. The van der Waals surface area contributed by atoms with E-state index in [9.17, 15) is 4.79 Å². The van der Waals surface area contributed by atoms with Crippen LogP contribution in [0.4, 0.5) is 0 Å². The molecule has 96 valence electrons. The zero-order valence-electron chi connectivity index (χ0n) is 10.3. The van der Waals surface area contributed by atoms with Crippen molar-refractivity contribution in [1.82, 2.24) is 0 Å². The lowest BCUT2D eigenvalue weighted by molar-refractivity contribution is -0.142. The summed E-state index contributed by atoms with van der Waals surface area (Å²) in [6.07, 6.45) is 0.140. The maximum atomic E-state index is 11.5. The Balaban J connectivity index is 3.15. The fourth-order valence-corrected chi connectivity index (χ4v) is 2.26. The average Bonchev–Trinajstić information content (AvgIpc) is 2.37. The lowest BCUT2D eigenvalue weighted by atomic mass is 10.0. The number of benzene rings is 1. The fraction of sp³-hybridized carbons (Fsp3) is 0.385. The summed E-state index contributed by atoms with van der Waals surface area (Å²) in [6.45, 7) is 2.10. The number of ether oxygens (including phenoxy) is 2. The number of alkyl halides is 1. The van der Waals surface area contributed by atoms with Crippen molar-refractivity contribution in [2.75, 3.05) is 13.7 Å². The fourth-order valence-electron chi connectivity index (χ4n) is 1.63. The third kappa shape index (κ3) is 3.47. The minimum Gasteiger partial charge on any atom is -0.496 e. The highest BCUT2D eigenvalue weighted by molar-refractivity contribution is 9.08. The number of esters is 1. The predicted molar refractivity (Wildman–Crippen MR) is 70.7 cm³/mol. The molecule has 1 rings (SSSR count). The normalized spacial score (nSPS) is 9.67. The number of methoxy groups -OCH3 is 1. The van der Waals surface area contributed by atoms with E-state index in [0.717, 1.165) is 11.1 Å². The first-order chi connectivity index (χ1) is 8.65. The zero-order valence-corrected chi connectivity index (χ0v) is 11.9. The van der Waals surface area contributed by atoms with E-state index in [1.807, 2.05) is 0 Å². The summed E-state index contributed by atoms with van der Waals surface area (Å²) in [6, 6.07) is 5.40. The topological polar surface area (TPSA) is 59.3 Å². The molecule has 0 aromatic heterocycles. The smallest absolute Gasteiger partial charge is 0.310 e. The van der Waals surface area contributed by atoms with Crippen molar-refractivity contribution in [1.29, 1.82) is 5.26 Å². The van der Waals surface area contributed by atoms with E-state index in [1.165, 1.54) is 7.11 Å². The zero-order chi connectivity index (χ0) is 13.5. The molecule has 0 N–H and O–H groups in total. The largest absolute Gasteiger partial charge is 0.496 e. The van der Waals surface area contributed by atoms with Crippen molar-refractivity contribution in [3.8, 4) is 11.8 Å². The summed E-state index contributed by atoms with van der Waals surface area (Å²) in [5, 5.41) is 9.50. The van der Waals surface area contributed by atoms with Crippen LogP contribution in [-0.2, 0) is 21.3 Å². The highest BCUT2D eigenvalue weighted by Gasteiger charge is 2.14. The van der Waals surface area contributed by atoms with Crippen LogP contribution in [0.2, 0.25) is 0 Å². The molecule has 0 saturated carbocycles. The standard InChI is InChI=1S/C13H14BrNO3/c1-3-18-13(16)6-10-4-9(8-15)5-12(17-2)11(10)7-14/h4-5H,3,6-7H2,1-2H3. The Hall–Kier alpha value is -1.54. The van der Waals surface area contributed by atoms with E-state index < -0.39 is 0 Å². The highest BCUT2D eigenvalue weighted by Crippen LogP contribution is 2.27. The van der Waals surface area contributed by atoms with Crippen LogP contribution in [0.15, 0.2) is 12.1 Å². The number of halogens is 1. The van der Waals surface area contributed by atoms with Crippen molar-refractivity contribution in [3.05, 3.63) is 28.8 Å². The van der Waals surface area contributed by atoms with Gasteiger partial charge in [0.05, 0.1) is 31.8 Å². The number of carbonyl (C=O) groups excluding carboxylic acids is 1.